The molecule has 0 heterocycles. The van der Waals surface area contributed by atoms with E-state index in [9.17, 15) is 9.59 Å². The van der Waals surface area contributed by atoms with Crippen molar-refractivity contribution in [2.24, 2.45) is 0 Å². The summed E-state index contributed by atoms with van der Waals surface area (Å²) in [6.45, 7) is 3.67. The summed E-state index contributed by atoms with van der Waals surface area (Å²) in [5.41, 5.74) is 1.62. The van der Waals surface area contributed by atoms with Gasteiger partial charge in [-0.2, -0.15) is 0 Å². The molecule has 0 saturated carbocycles. The van der Waals surface area contributed by atoms with Gasteiger partial charge < -0.3 is 4.74 Å². The van der Waals surface area contributed by atoms with Gasteiger partial charge in [-0.05, 0) is 17.5 Å². The van der Waals surface area contributed by atoms with Crippen LogP contribution in [0.2, 0.25) is 0 Å². The summed E-state index contributed by atoms with van der Waals surface area (Å²) < 4.78 is 5.02. The van der Waals surface area contributed by atoms with E-state index < -0.39 is 17.9 Å². The zero-order valence-electron chi connectivity index (χ0n) is 12.4. The van der Waals surface area contributed by atoms with Crippen LogP contribution in [0.1, 0.15) is 36.3 Å². The first kappa shape index (κ1) is 16.0. The molecule has 3 nitrogen and oxygen atoms in total. The lowest BCUT2D eigenvalue weighted by Gasteiger charge is -2.16. The SMILES string of the molecule is [CH2]CCCC(=O)OC(=O)C(c1ccccc1)c1ccccc1. The molecule has 1 radical (unpaired) electrons. The Morgan fingerprint density at radius 3 is 1.86 bits per heavy atom. The van der Waals surface area contributed by atoms with Crippen LogP contribution in [0.3, 0.4) is 0 Å². The summed E-state index contributed by atoms with van der Waals surface area (Å²) in [4.78, 5) is 24.2. The highest BCUT2D eigenvalue weighted by Crippen LogP contribution is 2.26. The van der Waals surface area contributed by atoms with E-state index in [1.807, 2.05) is 60.7 Å². The molecule has 0 aliphatic carbocycles. The van der Waals surface area contributed by atoms with E-state index >= 15 is 0 Å². The highest BCUT2D eigenvalue weighted by molar-refractivity contribution is 5.91. The van der Waals surface area contributed by atoms with Crippen molar-refractivity contribution in [2.75, 3.05) is 0 Å². The number of unbranched alkanes of at least 4 members (excludes halogenated alkanes) is 1. The van der Waals surface area contributed by atoms with Crippen molar-refractivity contribution in [2.45, 2.75) is 25.2 Å². The lowest BCUT2D eigenvalue weighted by molar-refractivity contribution is -0.160. The highest BCUT2D eigenvalue weighted by Gasteiger charge is 2.26. The summed E-state index contributed by atoms with van der Waals surface area (Å²) in [6.07, 6.45) is 1.48. The van der Waals surface area contributed by atoms with Gasteiger partial charge in [-0.1, -0.05) is 74.0 Å². The van der Waals surface area contributed by atoms with E-state index in [0.29, 0.717) is 12.8 Å². The summed E-state index contributed by atoms with van der Waals surface area (Å²) >= 11 is 0. The average molecular weight is 295 g/mol. The fourth-order valence-corrected chi connectivity index (χ4v) is 2.25. The van der Waals surface area contributed by atoms with Crippen molar-refractivity contribution < 1.29 is 14.3 Å². The quantitative estimate of drug-likeness (QED) is 0.600. The van der Waals surface area contributed by atoms with Crippen molar-refractivity contribution >= 4 is 11.9 Å². The minimum Gasteiger partial charge on any atom is -0.392 e. The van der Waals surface area contributed by atoms with Gasteiger partial charge in [0.2, 0.25) is 0 Å². The number of esters is 2. The lowest BCUT2D eigenvalue weighted by atomic mass is 9.91. The molecular formula is C19H19O3. The third-order valence-electron chi connectivity index (χ3n) is 3.35. The molecule has 113 valence electrons. The van der Waals surface area contributed by atoms with Crippen LogP contribution in [0.5, 0.6) is 0 Å². The Kier molecular flexibility index (Phi) is 5.90. The molecule has 2 aromatic rings. The Labute approximate surface area is 130 Å². The van der Waals surface area contributed by atoms with E-state index in [0.717, 1.165) is 11.1 Å². The molecule has 0 unspecified atom stereocenters. The highest BCUT2D eigenvalue weighted by atomic mass is 16.6. The van der Waals surface area contributed by atoms with E-state index in [1.54, 1.807) is 0 Å². The van der Waals surface area contributed by atoms with E-state index in [4.69, 9.17) is 4.74 Å². The maximum Gasteiger partial charge on any atom is 0.325 e. The third-order valence-corrected chi connectivity index (χ3v) is 3.35. The fraction of sp³-hybridized carbons (Fsp3) is 0.211. The van der Waals surface area contributed by atoms with Gasteiger partial charge in [0.25, 0.3) is 0 Å². The molecule has 0 amide bonds. The van der Waals surface area contributed by atoms with Gasteiger partial charge in [-0.15, -0.1) is 0 Å². The standard InChI is InChI=1S/C19H19O3/c1-2-3-14-17(20)22-19(21)18(15-10-6-4-7-11-15)16-12-8-5-9-13-16/h4-13,18H,1-3,14H2. The van der Waals surface area contributed by atoms with Crippen LogP contribution in [0.15, 0.2) is 60.7 Å². The van der Waals surface area contributed by atoms with Crippen LogP contribution in [-0.4, -0.2) is 11.9 Å². The summed E-state index contributed by atoms with van der Waals surface area (Å²) in [7, 11) is 0. The smallest absolute Gasteiger partial charge is 0.325 e. The molecule has 0 aromatic heterocycles. The molecule has 0 spiro atoms. The van der Waals surface area contributed by atoms with E-state index in [1.165, 1.54) is 0 Å². The van der Waals surface area contributed by atoms with Crippen molar-refractivity contribution in [3.05, 3.63) is 78.7 Å². The first-order valence-electron chi connectivity index (χ1n) is 7.36. The number of benzene rings is 2. The van der Waals surface area contributed by atoms with Gasteiger partial charge >= 0.3 is 11.9 Å². The monoisotopic (exact) mass is 295 g/mol. The molecule has 0 N–H and O–H groups in total. The Morgan fingerprint density at radius 2 is 1.41 bits per heavy atom. The van der Waals surface area contributed by atoms with Crippen LogP contribution in [0.25, 0.3) is 0 Å². The first-order valence-corrected chi connectivity index (χ1v) is 7.36. The van der Waals surface area contributed by atoms with E-state index in [-0.39, 0.29) is 6.42 Å². The fourth-order valence-electron chi connectivity index (χ4n) is 2.25. The predicted molar refractivity (Wildman–Crippen MR) is 85.0 cm³/mol. The third kappa shape index (κ3) is 4.29. The van der Waals surface area contributed by atoms with Crippen molar-refractivity contribution in [1.82, 2.24) is 0 Å². The number of carbonyl (C=O) groups excluding carboxylic acids is 2. The molecule has 0 aliphatic heterocycles. The van der Waals surface area contributed by atoms with Crippen LogP contribution in [0.4, 0.5) is 0 Å². The Bertz CT molecular complexity index is 566. The molecule has 3 heteroatoms. The second kappa shape index (κ2) is 8.13. The zero-order chi connectivity index (χ0) is 15.8. The van der Waals surface area contributed by atoms with Gasteiger partial charge in [0, 0.05) is 6.42 Å². The topological polar surface area (TPSA) is 43.4 Å². The number of rotatable bonds is 6. The molecule has 22 heavy (non-hydrogen) atoms. The molecule has 0 atom stereocenters. The molecule has 0 saturated heterocycles. The Hall–Kier alpha value is -2.42. The second-order valence-corrected chi connectivity index (χ2v) is 5.00. The summed E-state index contributed by atoms with van der Waals surface area (Å²) in [6, 6.07) is 18.7. The molecule has 0 bridgehead atoms. The minimum absolute atomic E-state index is 0.214. The van der Waals surface area contributed by atoms with E-state index in [2.05, 4.69) is 6.92 Å². The molecular weight excluding hydrogens is 276 g/mol. The van der Waals surface area contributed by atoms with Gasteiger partial charge in [-0.25, -0.2) is 0 Å². The van der Waals surface area contributed by atoms with Gasteiger partial charge in [0.1, 0.15) is 5.92 Å². The summed E-state index contributed by atoms with van der Waals surface area (Å²) in [5, 5.41) is 0. The maximum atomic E-state index is 12.5. The van der Waals surface area contributed by atoms with Crippen molar-refractivity contribution in [3.63, 3.8) is 0 Å². The van der Waals surface area contributed by atoms with Crippen molar-refractivity contribution in [3.8, 4) is 0 Å². The Balaban J connectivity index is 2.22. The average Bonchev–Trinajstić information content (AvgIpc) is 2.55. The number of ether oxygens (including phenoxy) is 1. The number of carbonyl (C=O) groups is 2. The molecule has 2 rings (SSSR count). The maximum absolute atomic E-state index is 12.5. The van der Waals surface area contributed by atoms with Crippen LogP contribution in [0, 0.1) is 6.92 Å². The molecule has 0 fully saturated rings. The molecule has 2 aromatic carbocycles. The minimum atomic E-state index is -0.592. The zero-order valence-corrected chi connectivity index (χ0v) is 12.4. The number of hydrogen-bond donors (Lipinski definition) is 0. The lowest BCUT2D eigenvalue weighted by Crippen LogP contribution is -2.20. The Morgan fingerprint density at radius 1 is 0.909 bits per heavy atom. The first-order chi connectivity index (χ1) is 10.7. The van der Waals surface area contributed by atoms with Gasteiger partial charge in [0.05, 0.1) is 0 Å². The van der Waals surface area contributed by atoms with Crippen LogP contribution < -0.4 is 0 Å². The van der Waals surface area contributed by atoms with Crippen LogP contribution >= 0.6 is 0 Å². The molecule has 0 aliphatic rings. The predicted octanol–water partition coefficient (Wildman–Crippen LogP) is 3.89. The van der Waals surface area contributed by atoms with Gasteiger partial charge in [-0.3, -0.25) is 9.59 Å². The number of hydrogen-bond acceptors (Lipinski definition) is 3. The van der Waals surface area contributed by atoms with Gasteiger partial charge in [0.15, 0.2) is 0 Å². The van der Waals surface area contributed by atoms with Crippen LogP contribution in [-0.2, 0) is 14.3 Å². The van der Waals surface area contributed by atoms with Crippen molar-refractivity contribution in [1.29, 1.82) is 0 Å². The largest absolute Gasteiger partial charge is 0.392 e. The summed E-state index contributed by atoms with van der Waals surface area (Å²) in [5.74, 6) is -1.62. The normalized spacial score (nSPS) is 10.5. The second-order valence-electron chi connectivity index (χ2n) is 5.00.